The van der Waals surface area contributed by atoms with E-state index in [4.69, 9.17) is 4.84 Å². The summed E-state index contributed by atoms with van der Waals surface area (Å²) < 4.78 is 0. The molecule has 1 amide bonds. The lowest BCUT2D eigenvalue weighted by atomic mass is 10.0. The van der Waals surface area contributed by atoms with Gasteiger partial charge in [-0.3, -0.25) is 9.78 Å². The van der Waals surface area contributed by atoms with Crippen molar-refractivity contribution in [2.75, 3.05) is 6.54 Å². The van der Waals surface area contributed by atoms with E-state index in [-0.39, 0.29) is 12.0 Å². The minimum atomic E-state index is -0.146. The molecule has 4 rings (SSSR count). The zero-order valence-electron chi connectivity index (χ0n) is 15.1. The molecule has 0 aliphatic carbocycles. The molecule has 1 aliphatic rings. The highest BCUT2D eigenvalue weighted by Crippen LogP contribution is 2.24. The number of para-hydroxylation sites is 1. The molecule has 6 nitrogen and oxygen atoms in total. The summed E-state index contributed by atoms with van der Waals surface area (Å²) in [5.41, 5.74) is 3.99. The average molecular weight is 360 g/mol. The van der Waals surface area contributed by atoms with Gasteiger partial charge in [-0.05, 0) is 30.7 Å². The van der Waals surface area contributed by atoms with E-state index in [1.54, 1.807) is 12.4 Å². The monoisotopic (exact) mass is 360 g/mol. The lowest BCUT2D eigenvalue weighted by Crippen LogP contribution is -2.32. The van der Waals surface area contributed by atoms with E-state index < -0.39 is 0 Å². The third-order valence-corrected chi connectivity index (χ3v) is 4.61. The van der Waals surface area contributed by atoms with Crippen molar-refractivity contribution >= 4 is 22.5 Å². The third kappa shape index (κ3) is 3.65. The van der Waals surface area contributed by atoms with Gasteiger partial charge in [0.2, 0.25) is 0 Å². The number of aromatic nitrogens is 2. The summed E-state index contributed by atoms with van der Waals surface area (Å²) in [6.07, 6.45) is 4.99. The first-order chi connectivity index (χ1) is 13.2. The van der Waals surface area contributed by atoms with Crippen molar-refractivity contribution in [3.8, 4) is 11.3 Å². The first kappa shape index (κ1) is 17.1. The summed E-state index contributed by atoms with van der Waals surface area (Å²) in [5.74, 6) is -0.146. The van der Waals surface area contributed by atoms with Crippen LogP contribution in [-0.4, -0.2) is 34.2 Å². The highest BCUT2D eigenvalue weighted by atomic mass is 16.6. The van der Waals surface area contributed by atoms with Crippen molar-refractivity contribution in [2.45, 2.75) is 25.9 Å². The minimum absolute atomic E-state index is 0.102. The number of carbonyl (C=O) groups is 1. The second-order valence-corrected chi connectivity index (χ2v) is 6.47. The normalized spacial score (nSPS) is 16.0. The van der Waals surface area contributed by atoms with Gasteiger partial charge in [0.1, 0.15) is 6.10 Å². The summed E-state index contributed by atoms with van der Waals surface area (Å²) in [6, 6.07) is 13.3. The van der Waals surface area contributed by atoms with Crippen LogP contribution < -0.4 is 5.32 Å². The molecule has 0 radical (unpaired) electrons. The van der Waals surface area contributed by atoms with Crippen LogP contribution >= 0.6 is 0 Å². The molecule has 1 N–H and O–H groups in total. The second-order valence-electron chi connectivity index (χ2n) is 6.47. The van der Waals surface area contributed by atoms with E-state index in [1.165, 1.54) is 0 Å². The summed E-state index contributed by atoms with van der Waals surface area (Å²) in [7, 11) is 0. The minimum Gasteiger partial charge on any atom is -0.390 e. The van der Waals surface area contributed by atoms with Gasteiger partial charge in [0.25, 0.3) is 5.91 Å². The lowest BCUT2D eigenvalue weighted by molar-refractivity contribution is 0.0754. The number of nitrogens with zero attached hydrogens (tertiary/aromatic N) is 3. The van der Waals surface area contributed by atoms with Gasteiger partial charge in [-0.1, -0.05) is 30.3 Å². The van der Waals surface area contributed by atoms with Crippen molar-refractivity contribution in [1.29, 1.82) is 0 Å². The molecule has 0 saturated heterocycles. The quantitative estimate of drug-likeness (QED) is 0.754. The van der Waals surface area contributed by atoms with Crippen molar-refractivity contribution < 1.29 is 9.63 Å². The van der Waals surface area contributed by atoms with Gasteiger partial charge in [0, 0.05) is 29.8 Å². The number of oxime groups is 1. The zero-order chi connectivity index (χ0) is 18.6. The molecule has 1 aliphatic heterocycles. The maximum Gasteiger partial charge on any atom is 0.252 e. The lowest BCUT2D eigenvalue weighted by Gasteiger charge is -2.12. The summed E-state index contributed by atoms with van der Waals surface area (Å²) >= 11 is 0. The SMILES string of the molecule is CCC1=NOC(CNC(=O)c2cc(-c3cccnc3)nc3ccccc23)C1. The smallest absolute Gasteiger partial charge is 0.252 e. The number of hydrogen-bond acceptors (Lipinski definition) is 5. The molecule has 3 heterocycles. The van der Waals surface area contributed by atoms with E-state index in [1.807, 2.05) is 49.4 Å². The number of carbonyl (C=O) groups excluding carboxylic acids is 1. The Labute approximate surface area is 157 Å². The van der Waals surface area contributed by atoms with Gasteiger partial charge in [0.15, 0.2) is 0 Å². The number of hydrogen-bond donors (Lipinski definition) is 1. The number of amides is 1. The van der Waals surface area contributed by atoms with E-state index in [0.717, 1.165) is 40.7 Å². The largest absolute Gasteiger partial charge is 0.390 e. The van der Waals surface area contributed by atoms with Crippen molar-refractivity contribution in [2.24, 2.45) is 5.16 Å². The molecule has 0 spiro atoms. The van der Waals surface area contributed by atoms with E-state index in [0.29, 0.717) is 12.1 Å². The number of pyridine rings is 2. The van der Waals surface area contributed by atoms with Crippen molar-refractivity contribution in [1.82, 2.24) is 15.3 Å². The Morgan fingerprint density at radius 1 is 1.26 bits per heavy atom. The number of rotatable bonds is 5. The van der Waals surface area contributed by atoms with E-state index >= 15 is 0 Å². The number of nitrogens with one attached hydrogen (secondary N) is 1. The molecule has 6 heteroatoms. The Kier molecular flexibility index (Phi) is 4.78. The van der Waals surface area contributed by atoms with Crippen LogP contribution in [0.4, 0.5) is 0 Å². The summed E-state index contributed by atoms with van der Waals surface area (Å²) in [5, 5.41) is 7.83. The molecule has 136 valence electrons. The van der Waals surface area contributed by atoms with Gasteiger partial charge in [-0.2, -0.15) is 0 Å². The predicted molar refractivity (Wildman–Crippen MR) is 105 cm³/mol. The van der Waals surface area contributed by atoms with Gasteiger partial charge in [-0.15, -0.1) is 0 Å². The zero-order valence-corrected chi connectivity index (χ0v) is 15.1. The number of benzene rings is 1. The first-order valence-electron chi connectivity index (χ1n) is 9.04. The molecule has 1 atom stereocenters. The van der Waals surface area contributed by atoms with Crippen molar-refractivity contribution in [3.05, 3.63) is 60.4 Å². The fourth-order valence-corrected chi connectivity index (χ4v) is 3.13. The van der Waals surface area contributed by atoms with Gasteiger partial charge >= 0.3 is 0 Å². The standard InChI is InChI=1S/C21H20N4O2/c1-2-15-10-16(27-25-15)13-23-21(26)18-11-20(14-6-5-9-22-12-14)24-19-8-4-3-7-17(18)19/h3-9,11-12,16H,2,10,13H2,1H3,(H,23,26). The molecule has 0 fully saturated rings. The van der Waals surface area contributed by atoms with Crippen LogP contribution in [0.25, 0.3) is 22.2 Å². The Balaban J connectivity index is 1.61. The van der Waals surface area contributed by atoms with Crippen LogP contribution in [0, 0.1) is 0 Å². The Morgan fingerprint density at radius 3 is 2.93 bits per heavy atom. The third-order valence-electron chi connectivity index (χ3n) is 4.61. The molecule has 1 unspecified atom stereocenters. The molecule has 0 saturated carbocycles. The first-order valence-corrected chi connectivity index (χ1v) is 9.04. The van der Waals surface area contributed by atoms with Crippen LogP contribution in [0.5, 0.6) is 0 Å². The van der Waals surface area contributed by atoms with Crippen LogP contribution in [0.2, 0.25) is 0 Å². The summed E-state index contributed by atoms with van der Waals surface area (Å²) in [4.78, 5) is 27.1. The second kappa shape index (κ2) is 7.53. The fourth-order valence-electron chi connectivity index (χ4n) is 3.13. The maximum atomic E-state index is 12.9. The highest BCUT2D eigenvalue weighted by molar-refractivity contribution is 6.07. The van der Waals surface area contributed by atoms with Crippen LogP contribution in [-0.2, 0) is 4.84 Å². The Bertz CT molecular complexity index is 1000. The van der Waals surface area contributed by atoms with Crippen LogP contribution in [0.15, 0.2) is 60.0 Å². The molecular weight excluding hydrogens is 340 g/mol. The predicted octanol–water partition coefficient (Wildman–Crippen LogP) is 3.58. The van der Waals surface area contributed by atoms with Gasteiger partial charge in [0.05, 0.1) is 29.0 Å². The van der Waals surface area contributed by atoms with Crippen LogP contribution in [0.1, 0.15) is 30.1 Å². The fraction of sp³-hybridized carbons (Fsp3) is 0.238. The van der Waals surface area contributed by atoms with E-state index in [2.05, 4.69) is 20.4 Å². The summed E-state index contributed by atoms with van der Waals surface area (Å²) in [6.45, 7) is 2.47. The van der Waals surface area contributed by atoms with Gasteiger partial charge in [-0.25, -0.2) is 4.98 Å². The highest BCUT2D eigenvalue weighted by Gasteiger charge is 2.21. The van der Waals surface area contributed by atoms with Gasteiger partial charge < -0.3 is 10.2 Å². The molecule has 1 aromatic carbocycles. The topological polar surface area (TPSA) is 76.5 Å². The van der Waals surface area contributed by atoms with Crippen LogP contribution in [0.3, 0.4) is 0 Å². The Hall–Kier alpha value is -3.28. The maximum absolute atomic E-state index is 12.9. The molecule has 3 aromatic rings. The number of fused-ring (bicyclic) bond motifs is 1. The van der Waals surface area contributed by atoms with E-state index in [9.17, 15) is 4.79 Å². The molecule has 27 heavy (non-hydrogen) atoms. The molecular formula is C21H20N4O2. The molecule has 0 bridgehead atoms. The average Bonchev–Trinajstić information content (AvgIpc) is 3.20. The molecule has 2 aromatic heterocycles. The Morgan fingerprint density at radius 2 is 2.15 bits per heavy atom. The van der Waals surface area contributed by atoms with Crippen molar-refractivity contribution in [3.63, 3.8) is 0 Å².